The van der Waals surface area contributed by atoms with Gasteiger partial charge in [0.1, 0.15) is 0 Å². The van der Waals surface area contributed by atoms with Gasteiger partial charge in [-0.25, -0.2) is 0 Å². The predicted octanol–water partition coefficient (Wildman–Crippen LogP) is 2.28. The van der Waals surface area contributed by atoms with E-state index < -0.39 is 0 Å². The summed E-state index contributed by atoms with van der Waals surface area (Å²) in [5.41, 5.74) is 1.29. The van der Waals surface area contributed by atoms with Gasteiger partial charge in [0.05, 0.1) is 6.10 Å². The van der Waals surface area contributed by atoms with Crippen molar-refractivity contribution in [1.29, 1.82) is 0 Å². The summed E-state index contributed by atoms with van der Waals surface area (Å²) in [6, 6.07) is 0. The van der Waals surface area contributed by atoms with Gasteiger partial charge in [-0.3, -0.25) is 0 Å². The first kappa shape index (κ1) is 10.1. The molecule has 0 bridgehead atoms. The zero-order chi connectivity index (χ0) is 9.68. The molecule has 0 spiro atoms. The van der Waals surface area contributed by atoms with E-state index in [2.05, 4.69) is 24.8 Å². The van der Waals surface area contributed by atoms with Gasteiger partial charge in [0.25, 0.3) is 0 Å². The average Bonchev–Trinajstić information content (AvgIpc) is 2.15. The largest absolute Gasteiger partial charge is 0.389 e. The molecule has 0 heterocycles. The Morgan fingerprint density at radius 2 is 2.23 bits per heavy atom. The lowest BCUT2D eigenvalue weighted by molar-refractivity contribution is 0.198. The highest BCUT2D eigenvalue weighted by atomic mass is 16.3. The minimum atomic E-state index is -0.235. The van der Waals surface area contributed by atoms with Crippen LogP contribution in [0.25, 0.3) is 0 Å². The van der Waals surface area contributed by atoms with Crippen LogP contribution in [0.3, 0.4) is 0 Å². The van der Waals surface area contributed by atoms with Gasteiger partial charge in [-0.15, -0.1) is 5.92 Å². The molecule has 2 atom stereocenters. The van der Waals surface area contributed by atoms with E-state index in [-0.39, 0.29) is 6.10 Å². The molecule has 0 saturated carbocycles. The Labute approximate surface area is 80.2 Å². The van der Waals surface area contributed by atoms with Crippen LogP contribution in [0.5, 0.6) is 0 Å². The summed E-state index contributed by atoms with van der Waals surface area (Å²) >= 11 is 0. The van der Waals surface area contributed by atoms with E-state index in [1.54, 1.807) is 0 Å². The molecule has 1 rings (SSSR count). The first-order chi connectivity index (χ1) is 6.24. The Balaban J connectivity index is 2.61. The van der Waals surface area contributed by atoms with Crippen LogP contribution < -0.4 is 0 Å². The van der Waals surface area contributed by atoms with E-state index in [1.807, 2.05) is 19.1 Å². The first-order valence-electron chi connectivity index (χ1n) is 4.69. The molecule has 13 heavy (non-hydrogen) atoms. The third-order valence-electron chi connectivity index (χ3n) is 2.37. The summed E-state index contributed by atoms with van der Waals surface area (Å²) in [4.78, 5) is 0. The molecule has 1 heteroatoms. The van der Waals surface area contributed by atoms with E-state index in [0.29, 0.717) is 5.92 Å². The van der Waals surface area contributed by atoms with Crippen LogP contribution in [0.2, 0.25) is 0 Å². The van der Waals surface area contributed by atoms with E-state index in [1.165, 1.54) is 5.57 Å². The molecule has 0 fully saturated rings. The average molecular weight is 176 g/mol. The fourth-order valence-corrected chi connectivity index (χ4v) is 1.48. The van der Waals surface area contributed by atoms with Crippen molar-refractivity contribution in [3.05, 3.63) is 23.8 Å². The van der Waals surface area contributed by atoms with Gasteiger partial charge < -0.3 is 5.11 Å². The fourth-order valence-electron chi connectivity index (χ4n) is 1.48. The standard InChI is InChI=1S/C12H16O/c1-3-4-5-10(2)11-6-8-12(13)9-7-11/h5-6,8,11-13H,7,9H2,1-2H3/b10-5-/t11-,12-/m1/s1. The molecular weight excluding hydrogens is 160 g/mol. The molecule has 1 nitrogen and oxygen atoms in total. The van der Waals surface area contributed by atoms with Crippen LogP contribution in [-0.2, 0) is 0 Å². The molecule has 0 aliphatic heterocycles. The maximum absolute atomic E-state index is 9.25. The smallest absolute Gasteiger partial charge is 0.0721 e. The van der Waals surface area contributed by atoms with Crippen LogP contribution in [0.15, 0.2) is 23.8 Å². The van der Waals surface area contributed by atoms with Gasteiger partial charge in [-0.2, -0.15) is 0 Å². The Bertz CT molecular complexity index is 275. The minimum Gasteiger partial charge on any atom is -0.389 e. The number of hydrogen-bond donors (Lipinski definition) is 1. The van der Waals surface area contributed by atoms with Gasteiger partial charge in [0.15, 0.2) is 0 Å². The molecule has 0 aromatic rings. The van der Waals surface area contributed by atoms with Crippen molar-refractivity contribution in [3.63, 3.8) is 0 Å². The lowest BCUT2D eigenvalue weighted by Gasteiger charge is -2.19. The highest BCUT2D eigenvalue weighted by molar-refractivity contribution is 5.24. The molecule has 1 aliphatic carbocycles. The fraction of sp³-hybridized carbons (Fsp3) is 0.500. The van der Waals surface area contributed by atoms with E-state index in [4.69, 9.17) is 0 Å². The first-order valence-corrected chi connectivity index (χ1v) is 4.69. The summed E-state index contributed by atoms with van der Waals surface area (Å²) in [5, 5.41) is 9.25. The van der Waals surface area contributed by atoms with Crippen LogP contribution in [0.4, 0.5) is 0 Å². The summed E-state index contributed by atoms with van der Waals surface area (Å²) in [5.74, 6) is 6.27. The maximum atomic E-state index is 9.25. The van der Waals surface area contributed by atoms with Crippen molar-refractivity contribution in [3.8, 4) is 11.8 Å². The van der Waals surface area contributed by atoms with Crippen LogP contribution in [-0.4, -0.2) is 11.2 Å². The predicted molar refractivity (Wildman–Crippen MR) is 55.1 cm³/mol. The van der Waals surface area contributed by atoms with E-state index >= 15 is 0 Å². The highest BCUT2D eigenvalue weighted by Gasteiger charge is 2.14. The summed E-state index contributed by atoms with van der Waals surface area (Å²) in [7, 11) is 0. The van der Waals surface area contributed by atoms with Crippen molar-refractivity contribution in [2.75, 3.05) is 0 Å². The zero-order valence-electron chi connectivity index (χ0n) is 8.25. The lowest BCUT2D eigenvalue weighted by atomic mass is 9.88. The van der Waals surface area contributed by atoms with E-state index in [9.17, 15) is 5.11 Å². The molecule has 0 saturated heterocycles. The van der Waals surface area contributed by atoms with Crippen molar-refractivity contribution >= 4 is 0 Å². The number of rotatable bonds is 1. The molecule has 1 aliphatic rings. The monoisotopic (exact) mass is 176 g/mol. The second-order valence-electron chi connectivity index (χ2n) is 3.42. The third kappa shape index (κ3) is 3.08. The molecule has 0 unspecified atom stereocenters. The Morgan fingerprint density at radius 1 is 1.46 bits per heavy atom. The number of allylic oxidation sites excluding steroid dienone is 3. The summed E-state index contributed by atoms with van der Waals surface area (Å²) < 4.78 is 0. The van der Waals surface area contributed by atoms with Gasteiger partial charge >= 0.3 is 0 Å². The summed E-state index contributed by atoms with van der Waals surface area (Å²) in [6.45, 7) is 3.93. The minimum absolute atomic E-state index is 0.235. The van der Waals surface area contributed by atoms with Gasteiger partial charge in [-0.1, -0.05) is 23.6 Å². The van der Waals surface area contributed by atoms with Crippen LogP contribution in [0, 0.1) is 17.8 Å². The Hall–Kier alpha value is -1.00. The van der Waals surface area contributed by atoms with Crippen molar-refractivity contribution in [2.24, 2.45) is 5.92 Å². The van der Waals surface area contributed by atoms with Crippen molar-refractivity contribution in [2.45, 2.75) is 32.8 Å². The number of hydrogen-bond acceptors (Lipinski definition) is 1. The molecular formula is C12H16O. The topological polar surface area (TPSA) is 20.2 Å². The van der Waals surface area contributed by atoms with E-state index in [0.717, 1.165) is 12.8 Å². The molecule has 0 amide bonds. The number of aliphatic hydroxyl groups excluding tert-OH is 1. The maximum Gasteiger partial charge on any atom is 0.0721 e. The van der Waals surface area contributed by atoms with Crippen LogP contribution in [0.1, 0.15) is 26.7 Å². The second kappa shape index (κ2) is 4.89. The quantitative estimate of drug-likeness (QED) is 0.480. The third-order valence-corrected chi connectivity index (χ3v) is 2.37. The zero-order valence-corrected chi connectivity index (χ0v) is 8.25. The summed E-state index contributed by atoms with van der Waals surface area (Å²) in [6.07, 6.45) is 7.59. The Kier molecular flexibility index (Phi) is 3.79. The molecule has 0 radical (unpaired) electrons. The van der Waals surface area contributed by atoms with Crippen molar-refractivity contribution in [1.82, 2.24) is 0 Å². The highest BCUT2D eigenvalue weighted by Crippen LogP contribution is 2.23. The molecule has 0 aromatic heterocycles. The number of aliphatic hydroxyl groups is 1. The second-order valence-corrected chi connectivity index (χ2v) is 3.42. The lowest BCUT2D eigenvalue weighted by Crippen LogP contribution is -2.12. The molecule has 0 aromatic carbocycles. The Morgan fingerprint density at radius 3 is 2.77 bits per heavy atom. The van der Waals surface area contributed by atoms with Gasteiger partial charge in [-0.05, 0) is 38.7 Å². The van der Waals surface area contributed by atoms with Gasteiger partial charge in [0.2, 0.25) is 0 Å². The van der Waals surface area contributed by atoms with Crippen LogP contribution >= 0.6 is 0 Å². The van der Waals surface area contributed by atoms with Crippen molar-refractivity contribution < 1.29 is 5.11 Å². The normalized spacial score (nSPS) is 28.1. The molecule has 70 valence electrons. The SMILES string of the molecule is CC#C/C=C(/C)[C@@H]1C=C[C@@H](O)CC1. The van der Waals surface area contributed by atoms with Gasteiger partial charge in [0, 0.05) is 0 Å². The molecule has 1 N–H and O–H groups in total.